The first-order valence-corrected chi connectivity index (χ1v) is 10.0. The maximum atomic E-state index is 13.3. The van der Waals surface area contributed by atoms with Crippen LogP contribution in [0.4, 0.5) is 0 Å². The van der Waals surface area contributed by atoms with Gasteiger partial charge in [0.1, 0.15) is 40.8 Å². The third-order valence-electron chi connectivity index (χ3n) is 5.50. The fourth-order valence-corrected chi connectivity index (χ4v) is 3.67. The zero-order valence-electron chi connectivity index (χ0n) is 17.9. The number of phenolic OH excluding ortho intramolecular Hbond substituents is 4. The van der Waals surface area contributed by atoms with Gasteiger partial charge in [-0.1, -0.05) is 0 Å². The number of hydrogen-bond donors (Lipinski definition) is 7. The summed E-state index contributed by atoms with van der Waals surface area (Å²) in [5.74, 6) is -3.35. The van der Waals surface area contributed by atoms with Gasteiger partial charge in [-0.2, -0.15) is 0 Å². The van der Waals surface area contributed by atoms with Crippen LogP contribution in [0.15, 0.2) is 33.5 Å². The van der Waals surface area contributed by atoms with Crippen molar-refractivity contribution < 1.29 is 54.4 Å². The molecule has 12 heteroatoms. The Morgan fingerprint density at radius 3 is 2.29 bits per heavy atom. The third-order valence-corrected chi connectivity index (χ3v) is 5.50. The van der Waals surface area contributed by atoms with Crippen molar-refractivity contribution in [2.45, 2.75) is 37.6 Å². The van der Waals surface area contributed by atoms with E-state index in [1.54, 1.807) is 0 Å². The zero-order chi connectivity index (χ0) is 24.9. The molecule has 12 nitrogen and oxygen atoms in total. The Balaban J connectivity index is 1.96. The molecule has 0 radical (unpaired) electrons. The lowest BCUT2D eigenvalue weighted by Crippen LogP contribution is -2.58. The summed E-state index contributed by atoms with van der Waals surface area (Å²) in [5, 5.41) is 70.1. The summed E-state index contributed by atoms with van der Waals surface area (Å²) in [6.45, 7) is 1.41. The van der Waals surface area contributed by atoms with Crippen molar-refractivity contribution in [2.75, 3.05) is 7.11 Å². The lowest BCUT2D eigenvalue weighted by Gasteiger charge is -2.38. The number of ether oxygens (including phenoxy) is 3. The zero-order valence-corrected chi connectivity index (χ0v) is 17.9. The summed E-state index contributed by atoms with van der Waals surface area (Å²) in [7, 11) is 1.22. The summed E-state index contributed by atoms with van der Waals surface area (Å²) in [5.41, 5.74) is -1.21. The molecule has 0 saturated carbocycles. The predicted molar refractivity (Wildman–Crippen MR) is 114 cm³/mol. The van der Waals surface area contributed by atoms with Gasteiger partial charge in [-0.05, 0) is 19.1 Å². The van der Waals surface area contributed by atoms with Crippen LogP contribution in [0, 0.1) is 0 Å². The summed E-state index contributed by atoms with van der Waals surface area (Å²) in [6, 6.07) is 4.23. The molecule has 1 aliphatic rings. The summed E-state index contributed by atoms with van der Waals surface area (Å²) in [4.78, 5) is 13.3. The molecule has 2 aromatic carbocycles. The molecule has 4 rings (SSSR count). The first-order valence-electron chi connectivity index (χ1n) is 10.0. The Hall–Kier alpha value is -3.71. The fraction of sp³-hybridized carbons (Fsp3) is 0.318. The highest BCUT2D eigenvalue weighted by Crippen LogP contribution is 2.43. The van der Waals surface area contributed by atoms with E-state index in [9.17, 15) is 40.5 Å². The molecule has 0 bridgehead atoms. The summed E-state index contributed by atoms with van der Waals surface area (Å²) in [6.07, 6.45) is -7.48. The molecule has 3 aromatic rings. The van der Waals surface area contributed by atoms with Crippen LogP contribution in [0.1, 0.15) is 6.92 Å². The van der Waals surface area contributed by atoms with Crippen LogP contribution in [-0.4, -0.2) is 73.6 Å². The molecule has 2 heterocycles. The number of aliphatic hydroxyl groups excluding tert-OH is 3. The van der Waals surface area contributed by atoms with Crippen molar-refractivity contribution in [2.24, 2.45) is 0 Å². The van der Waals surface area contributed by atoms with Gasteiger partial charge in [0, 0.05) is 17.7 Å². The highest BCUT2D eigenvalue weighted by Gasteiger charge is 2.44. The van der Waals surface area contributed by atoms with Crippen molar-refractivity contribution in [1.29, 1.82) is 0 Å². The van der Waals surface area contributed by atoms with Gasteiger partial charge in [-0.25, -0.2) is 0 Å². The number of rotatable bonds is 4. The number of aliphatic hydroxyl groups is 3. The summed E-state index contributed by atoms with van der Waals surface area (Å²) < 4.78 is 21.7. The van der Waals surface area contributed by atoms with E-state index < -0.39 is 64.9 Å². The van der Waals surface area contributed by atoms with E-state index in [-0.39, 0.29) is 28.0 Å². The van der Waals surface area contributed by atoms with Gasteiger partial charge in [0.05, 0.1) is 13.2 Å². The number of aromatic hydroxyl groups is 4. The average Bonchev–Trinajstić information content (AvgIpc) is 2.78. The molecule has 182 valence electrons. The van der Waals surface area contributed by atoms with E-state index in [1.807, 2.05) is 0 Å². The van der Waals surface area contributed by atoms with E-state index in [2.05, 4.69) is 0 Å². The molecular weight excluding hydrogens is 456 g/mol. The topological polar surface area (TPSA) is 200 Å². The van der Waals surface area contributed by atoms with Crippen LogP contribution in [0.3, 0.4) is 0 Å². The van der Waals surface area contributed by atoms with E-state index in [0.717, 1.165) is 18.2 Å². The number of fused-ring (bicyclic) bond motifs is 1. The van der Waals surface area contributed by atoms with Gasteiger partial charge in [-0.3, -0.25) is 4.79 Å². The number of hydrogen-bond acceptors (Lipinski definition) is 12. The van der Waals surface area contributed by atoms with Gasteiger partial charge in [0.25, 0.3) is 0 Å². The van der Waals surface area contributed by atoms with Crippen molar-refractivity contribution >= 4 is 11.0 Å². The fourth-order valence-electron chi connectivity index (χ4n) is 3.67. The van der Waals surface area contributed by atoms with E-state index in [0.29, 0.717) is 0 Å². The predicted octanol–water partition coefficient (Wildman–Crippen LogP) is 0.497. The second kappa shape index (κ2) is 8.57. The minimum Gasteiger partial charge on any atom is -0.508 e. The first kappa shape index (κ1) is 23.4. The lowest BCUT2D eigenvalue weighted by atomic mass is 10.00. The van der Waals surface area contributed by atoms with E-state index >= 15 is 0 Å². The van der Waals surface area contributed by atoms with Crippen molar-refractivity contribution in [1.82, 2.24) is 0 Å². The van der Waals surface area contributed by atoms with Crippen LogP contribution in [-0.2, 0) is 4.74 Å². The van der Waals surface area contributed by atoms with Gasteiger partial charge in [0.2, 0.25) is 23.2 Å². The van der Waals surface area contributed by atoms with Crippen LogP contribution in [0.25, 0.3) is 22.3 Å². The van der Waals surface area contributed by atoms with Crippen molar-refractivity contribution in [3.05, 3.63) is 34.5 Å². The number of methoxy groups -OCH3 is 1. The highest BCUT2D eigenvalue weighted by atomic mass is 16.7. The minimum atomic E-state index is -1.77. The molecule has 34 heavy (non-hydrogen) atoms. The highest BCUT2D eigenvalue weighted by molar-refractivity contribution is 5.88. The molecule has 1 aromatic heterocycles. The molecule has 1 fully saturated rings. The maximum Gasteiger partial charge on any atom is 0.239 e. The lowest BCUT2D eigenvalue weighted by molar-refractivity contribution is -0.268. The van der Waals surface area contributed by atoms with E-state index in [1.165, 1.54) is 20.1 Å². The van der Waals surface area contributed by atoms with Gasteiger partial charge in [0.15, 0.2) is 17.3 Å². The van der Waals surface area contributed by atoms with Crippen LogP contribution >= 0.6 is 0 Å². The molecular formula is C22H22O12. The smallest absolute Gasteiger partial charge is 0.239 e. The Kier molecular flexibility index (Phi) is 5.91. The second-order valence-electron chi connectivity index (χ2n) is 7.77. The Labute approximate surface area is 191 Å². The Morgan fingerprint density at radius 2 is 1.62 bits per heavy atom. The molecule has 1 aliphatic heterocycles. The quantitative estimate of drug-likeness (QED) is 0.257. The Morgan fingerprint density at radius 1 is 0.912 bits per heavy atom. The average molecular weight is 478 g/mol. The second-order valence-corrected chi connectivity index (χ2v) is 7.77. The summed E-state index contributed by atoms with van der Waals surface area (Å²) >= 11 is 0. The molecule has 5 atom stereocenters. The Bertz CT molecular complexity index is 1300. The standard InChI is InChI=1S/C22H22O12/c1-7-15(26)18(29)19(30)22(32-7)34-21-17(28)14-10(24)5-9(23)6-12(14)33-20(21)8-3-11(25)16(27)13(4-8)31-2/h3-7,15,18-19,22-27,29-30H,1-2H3/t7-,15-,18+,19+,22-/m0/s1. The molecule has 0 spiro atoms. The van der Waals surface area contributed by atoms with Crippen molar-refractivity contribution in [3.8, 4) is 45.8 Å². The van der Waals surface area contributed by atoms with Gasteiger partial charge in [-0.15, -0.1) is 0 Å². The first-order chi connectivity index (χ1) is 16.0. The molecule has 1 saturated heterocycles. The maximum absolute atomic E-state index is 13.3. The molecule has 7 N–H and O–H groups in total. The number of benzene rings is 2. The van der Waals surface area contributed by atoms with E-state index in [4.69, 9.17) is 18.6 Å². The minimum absolute atomic E-state index is 0.0251. The largest absolute Gasteiger partial charge is 0.508 e. The van der Waals surface area contributed by atoms with Crippen LogP contribution in [0.5, 0.6) is 34.5 Å². The molecule has 0 amide bonds. The van der Waals surface area contributed by atoms with Crippen molar-refractivity contribution in [3.63, 3.8) is 0 Å². The van der Waals surface area contributed by atoms with Gasteiger partial charge < -0.3 is 54.4 Å². The van der Waals surface area contributed by atoms with Crippen LogP contribution in [0.2, 0.25) is 0 Å². The van der Waals surface area contributed by atoms with Crippen LogP contribution < -0.4 is 14.9 Å². The van der Waals surface area contributed by atoms with Gasteiger partial charge >= 0.3 is 0 Å². The monoisotopic (exact) mass is 478 g/mol. The normalized spacial score (nSPS) is 24.8. The number of phenols is 4. The SMILES string of the molecule is COc1cc(-c2oc3cc(O)cc(O)c3c(=O)c2O[C@@H]2O[C@@H](C)[C@H](O)[C@@H](O)[C@H]2O)cc(O)c1O. The third kappa shape index (κ3) is 3.82. The molecule has 0 aliphatic carbocycles. The molecule has 0 unspecified atom stereocenters.